The van der Waals surface area contributed by atoms with Crippen molar-refractivity contribution in [3.8, 4) is 0 Å². The zero-order valence-electron chi connectivity index (χ0n) is 12.8. The molecular weight excluding hydrogens is 268 g/mol. The second-order valence-electron chi connectivity index (χ2n) is 5.35. The third-order valence-corrected chi connectivity index (χ3v) is 3.55. The Kier molecular flexibility index (Phi) is 4.10. The predicted molar refractivity (Wildman–Crippen MR) is 93.0 cm³/mol. The van der Waals surface area contributed by atoms with E-state index in [9.17, 15) is 0 Å². The Morgan fingerprint density at radius 1 is 0.682 bits per heavy atom. The van der Waals surface area contributed by atoms with E-state index in [4.69, 9.17) is 0 Å². The summed E-state index contributed by atoms with van der Waals surface area (Å²) in [6.07, 6.45) is 3.65. The molecule has 0 saturated carbocycles. The normalized spacial score (nSPS) is 10.3. The number of hydrogen-bond acceptors (Lipinski definition) is 2. The van der Waals surface area contributed by atoms with Crippen LogP contribution in [0.3, 0.4) is 0 Å². The van der Waals surface area contributed by atoms with Crippen LogP contribution in [0.15, 0.2) is 73.1 Å². The first-order valence-electron chi connectivity index (χ1n) is 7.36. The molecule has 0 spiro atoms. The van der Waals surface area contributed by atoms with E-state index in [1.165, 1.54) is 21.9 Å². The van der Waals surface area contributed by atoms with Crippen LogP contribution in [0.5, 0.6) is 0 Å². The van der Waals surface area contributed by atoms with Gasteiger partial charge in [-0.2, -0.15) is 0 Å². The summed E-state index contributed by atoms with van der Waals surface area (Å²) < 4.78 is 0. The number of fused-ring (bicyclic) bond motifs is 2. The molecule has 0 fully saturated rings. The number of aryl methyl sites for hydroxylation is 2. The van der Waals surface area contributed by atoms with Gasteiger partial charge in [-0.05, 0) is 43.7 Å². The van der Waals surface area contributed by atoms with Crippen molar-refractivity contribution in [1.82, 2.24) is 9.97 Å². The minimum atomic E-state index is 1.06. The molecule has 0 aliphatic carbocycles. The number of hydrogen-bond donors (Lipinski definition) is 0. The Morgan fingerprint density at radius 3 is 2.18 bits per heavy atom. The van der Waals surface area contributed by atoms with Gasteiger partial charge in [-0.1, -0.05) is 42.0 Å². The zero-order valence-corrected chi connectivity index (χ0v) is 12.8. The Hall–Kier alpha value is -2.74. The summed E-state index contributed by atoms with van der Waals surface area (Å²) in [6, 6.07) is 20.5. The van der Waals surface area contributed by atoms with Crippen LogP contribution in [-0.2, 0) is 0 Å². The first kappa shape index (κ1) is 14.2. The number of benzene rings is 2. The summed E-state index contributed by atoms with van der Waals surface area (Å²) in [7, 11) is 0. The van der Waals surface area contributed by atoms with Crippen LogP contribution in [0.1, 0.15) is 11.1 Å². The molecule has 2 heteroatoms. The summed E-state index contributed by atoms with van der Waals surface area (Å²) in [5, 5.41) is 2.43. The molecule has 4 aromatic rings. The minimum absolute atomic E-state index is 1.06. The van der Waals surface area contributed by atoms with Gasteiger partial charge in [0.25, 0.3) is 0 Å². The molecule has 0 N–H and O–H groups in total. The van der Waals surface area contributed by atoms with Gasteiger partial charge in [0.2, 0.25) is 0 Å². The number of nitrogens with zero attached hydrogens (tertiary/aromatic N) is 2. The van der Waals surface area contributed by atoms with Crippen molar-refractivity contribution >= 4 is 21.8 Å². The third kappa shape index (κ3) is 3.12. The van der Waals surface area contributed by atoms with Gasteiger partial charge in [0.15, 0.2) is 0 Å². The lowest BCUT2D eigenvalue weighted by molar-refractivity contribution is 1.34. The molecule has 0 amide bonds. The molecule has 0 bridgehead atoms. The van der Waals surface area contributed by atoms with Crippen LogP contribution in [0.2, 0.25) is 0 Å². The van der Waals surface area contributed by atoms with Crippen molar-refractivity contribution < 1.29 is 0 Å². The first-order chi connectivity index (χ1) is 10.7. The highest BCUT2D eigenvalue weighted by atomic mass is 14.6. The van der Waals surface area contributed by atoms with Gasteiger partial charge in [0, 0.05) is 23.2 Å². The van der Waals surface area contributed by atoms with E-state index < -0.39 is 0 Å². The second-order valence-corrected chi connectivity index (χ2v) is 5.35. The average molecular weight is 286 g/mol. The SMILES string of the molecule is Cc1cc(C)c2ncccc2c1.c1ccc2ncccc2c1. The first-order valence-corrected chi connectivity index (χ1v) is 7.36. The second kappa shape index (κ2) is 6.35. The van der Waals surface area contributed by atoms with E-state index in [1.54, 1.807) is 0 Å². The monoisotopic (exact) mass is 286 g/mol. The molecule has 108 valence electrons. The maximum absolute atomic E-state index is 4.32. The van der Waals surface area contributed by atoms with Crippen LogP contribution in [0.4, 0.5) is 0 Å². The standard InChI is InChI=1S/C11H11N.C9H7N/c1-8-6-9(2)11-10(7-8)4-3-5-12-11;1-2-6-9-8(4-1)5-3-7-10-9/h3-7H,1-2H3;1-7H. The highest BCUT2D eigenvalue weighted by molar-refractivity contribution is 5.82. The van der Waals surface area contributed by atoms with Crippen LogP contribution in [-0.4, -0.2) is 9.97 Å². The zero-order chi connectivity index (χ0) is 15.4. The predicted octanol–water partition coefficient (Wildman–Crippen LogP) is 5.09. The molecule has 2 aromatic heterocycles. The van der Waals surface area contributed by atoms with Gasteiger partial charge in [-0.15, -0.1) is 0 Å². The van der Waals surface area contributed by atoms with E-state index in [-0.39, 0.29) is 0 Å². The lowest BCUT2D eigenvalue weighted by Gasteiger charge is -2.01. The maximum atomic E-state index is 4.32. The van der Waals surface area contributed by atoms with Crippen molar-refractivity contribution in [2.45, 2.75) is 13.8 Å². The van der Waals surface area contributed by atoms with Gasteiger partial charge in [0.05, 0.1) is 11.0 Å². The van der Waals surface area contributed by atoms with Gasteiger partial charge < -0.3 is 0 Å². The molecule has 2 heterocycles. The molecule has 0 aliphatic rings. The van der Waals surface area contributed by atoms with Crippen molar-refractivity contribution in [3.05, 3.63) is 84.2 Å². The van der Waals surface area contributed by atoms with E-state index in [2.05, 4.69) is 54.1 Å². The Balaban J connectivity index is 0.000000133. The largest absolute Gasteiger partial charge is 0.256 e. The molecule has 2 aromatic carbocycles. The molecule has 0 atom stereocenters. The van der Waals surface area contributed by atoms with E-state index in [0.29, 0.717) is 0 Å². The van der Waals surface area contributed by atoms with Gasteiger partial charge in [-0.25, -0.2) is 0 Å². The van der Waals surface area contributed by atoms with Crippen LogP contribution >= 0.6 is 0 Å². The third-order valence-electron chi connectivity index (χ3n) is 3.55. The molecule has 0 aliphatic heterocycles. The number of para-hydroxylation sites is 1. The van der Waals surface area contributed by atoms with Gasteiger partial charge >= 0.3 is 0 Å². The molecule has 22 heavy (non-hydrogen) atoms. The van der Waals surface area contributed by atoms with Crippen LogP contribution < -0.4 is 0 Å². The highest BCUT2D eigenvalue weighted by Gasteiger charge is 1.97. The lowest BCUT2D eigenvalue weighted by Crippen LogP contribution is -1.83. The maximum Gasteiger partial charge on any atom is 0.0731 e. The number of pyridine rings is 2. The Labute approximate surface area is 130 Å². The molecule has 4 rings (SSSR count). The molecule has 2 nitrogen and oxygen atoms in total. The van der Waals surface area contributed by atoms with Crippen molar-refractivity contribution in [2.24, 2.45) is 0 Å². The average Bonchev–Trinajstić information content (AvgIpc) is 2.55. The lowest BCUT2D eigenvalue weighted by atomic mass is 10.1. The Bertz CT molecular complexity index is 848. The summed E-state index contributed by atoms with van der Waals surface area (Å²) >= 11 is 0. The molecule has 0 radical (unpaired) electrons. The Morgan fingerprint density at radius 2 is 1.36 bits per heavy atom. The number of rotatable bonds is 0. The topological polar surface area (TPSA) is 25.8 Å². The van der Waals surface area contributed by atoms with Crippen molar-refractivity contribution in [1.29, 1.82) is 0 Å². The van der Waals surface area contributed by atoms with Crippen LogP contribution in [0.25, 0.3) is 21.8 Å². The summed E-state index contributed by atoms with van der Waals surface area (Å²) in [5.74, 6) is 0. The fourth-order valence-corrected chi connectivity index (χ4v) is 2.58. The van der Waals surface area contributed by atoms with Crippen LogP contribution in [0, 0.1) is 13.8 Å². The minimum Gasteiger partial charge on any atom is -0.256 e. The van der Waals surface area contributed by atoms with Crippen molar-refractivity contribution in [3.63, 3.8) is 0 Å². The quantitative estimate of drug-likeness (QED) is 0.450. The van der Waals surface area contributed by atoms with Gasteiger partial charge in [0.1, 0.15) is 0 Å². The van der Waals surface area contributed by atoms with Crippen molar-refractivity contribution in [2.75, 3.05) is 0 Å². The smallest absolute Gasteiger partial charge is 0.0731 e. The fraction of sp³-hybridized carbons (Fsp3) is 0.100. The van der Waals surface area contributed by atoms with E-state index >= 15 is 0 Å². The highest BCUT2D eigenvalue weighted by Crippen LogP contribution is 2.17. The molecule has 0 unspecified atom stereocenters. The molecule has 0 saturated heterocycles. The number of aromatic nitrogens is 2. The fourth-order valence-electron chi connectivity index (χ4n) is 2.58. The van der Waals surface area contributed by atoms with Gasteiger partial charge in [-0.3, -0.25) is 9.97 Å². The summed E-state index contributed by atoms with van der Waals surface area (Å²) in [4.78, 5) is 8.50. The van der Waals surface area contributed by atoms with E-state index in [1.807, 2.05) is 42.7 Å². The summed E-state index contributed by atoms with van der Waals surface area (Å²) in [6.45, 7) is 4.21. The summed E-state index contributed by atoms with van der Waals surface area (Å²) in [5.41, 5.74) is 4.73. The van der Waals surface area contributed by atoms with E-state index in [0.717, 1.165) is 11.0 Å². The molecular formula is C20H18N2.